The fourth-order valence-electron chi connectivity index (χ4n) is 2.78. The van der Waals surface area contributed by atoms with E-state index in [4.69, 9.17) is 5.73 Å². The highest BCUT2D eigenvalue weighted by atomic mass is 32.2. The number of nitrogens with zero attached hydrogens (tertiary/aromatic N) is 2. The highest BCUT2D eigenvalue weighted by Crippen LogP contribution is 2.27. The van der Waals surface area contributed by atoms with Crippen molar-refractivity contribution >= 4 is 10.0 Å². The van der Waals surface area contributed by atoms with Gasteiger partial charge in [0.1, 0.15) is 10.7 Å². The Hall–Kier alpha value is -1.05. The third kappa shape index (κ3) is 3.99. The zero-order valence-electron chi connectivity index (χ0n) is 12.0. The van der Waals surface area contributed by atoms with E-state index < -0.39 is 15.8 Å². The van der Waals surface area contributed by atoms with E-state index in [9.17, 15) is 12.8 Å². The maximum Gasteiger partial charge on any atom is 0.244 e. The molecule has 1 aliphatic carbocycles. The van der Waals surface area contributed by atoms with Crippen LogP contribution in [0.5, 0.6) is 0 Å². The molecule has 1 aliphatic rings. The van der Waals surface area contributed by atoms with Gasteiger partial charge in [0.2, 0.25) is 10.0 Å². The number of nitrogens with two attached hydrogens (primary N) is 1. The van der Waals surface area contributed by atoms with Gasteiger partial charge in [0.15, 0.2) is 0 Å². The summed E-state index contributed by atoms with van der Waals surface area (Å²) in [5, 5.41) is 0. The molecule has 0 saturated heterocycles. The molecule has 0 aromatic carbocycles. The van der Waals surface area contributed by atoms with Crippen molar-refractivity contribution in [3.63, 3.8) is 0 Å². The van der Waals surface area contributed by atoms with Crippen LogP contribution in [0.1, 0.15) is 38.5 Å². The second-order valence-corrected chi connectivity index (χ2v) is 7.28. The van der Waals surface area contributed by atoms with Gasteiger partial charge in [-0.15, -0.1) is 0 Å². The second-order valence-electron chi connectivity index (χ2n) is 5.39. The molecule has 0 amide bonds. The number of hydrogen-bond acceptors (Lipinski definition) is 4. The van der Waals surface area contributed by atoms with Crippen molar-refractivity contribution in [1.29, 1.82) is 0 Å². The van der Waals surface area contributed by atoms with Crippen LogP contribution in [-0.2, 0) is 10.0 Å². The molecule has 0 atom stereocenters. The predicted octanol–water partition coefficient (Wildman–Crippen LogP) is 1.89. The van der Waals surface area contributed by atoms with E-state index in [0.717, 1.165) is 44.4 Å². The van der Waals surface area contributed by atoms with Crippen LogP contribution in [0.15, 0.2) is 23.4 Å². The van der Waals surface area contributed by atoms with Crippen molar-refractivity contribution in [2.24, 2.45) is 5.73 Å². The van der Waals surface area contributed by atoms with Crippen molar-refractivity contribution < 1.29 is 12.8 Å². The number of sulfonamides is 1. The van der Waals surface area contributed by atoms with Gasteiger partial charge in [0, 0.05) is 18.8 Å². The number of hydrogen-bond donors (Lipinski definition) is 1. The molecular weight excluding hydrogens is 293 g/mol. The van der Waals surface area contributed by atoms with Crippen LogP contribution >= 0.6 is 0 Å². The van der Waals surface area contributed by atoms with Gasteiger partial charge < -0.3 is 5.73 Å². The Morgan fingerprint density at radius 3 is 2.62 bits per heavy atom. The monoisotopic (exact) mass is 315 g/mol. The summed E-state index contributed by atoms with van der Waals surface area (Å²) in [6.07, 6.45) is 7.71. The van der Waals surface area contributed by atoms with Crippen molar-refractivity contribution in [2.45, 2.75) is 49.5 Å². The normalized spacial score (nSPS) is 17.3. The first-order chi connectivity index (χ1) is 10.1. The Bertz CT molecular complexity index is 559. The van der Waals surface area contributed by atoms with Gasteiger partial charge in [0.05, 0.1) is 6.20 Å². The van der Waals surface area contributed by atoms with Crippen LogP contribution in [0.4, 0.5) is 4.39 Å². The lowest BCUT2D eigenvalue weighted by Gasteiger charge is -2.33. The molecule has 1 saturated carbocycles. The predicted molar refractivity (Wildman–Crippen MR) is 78.6 cm³/mol. The minimum Gasteiger partial charge on any atom is -0.330 e. The molecule has 5 nitrogen and oxygen atoms in total. The number of aromatic nitrogens is 1. The highest BCUT2D eigenvalue weighted by Gasteiger charge is 2.32. The first-order valence-corrected chi connectivity index (χ1v) is 8.82. The molecule has 1 fully saturated rings. The maximum absolute atomic E-state index is 13.3. The molecule has 7 heteroatoms. The molecule has 0 unspecified atom stereocenters. The summed E-state index contributed by atoms with van der Waals surface area (Å²) in [6, 6.07) is 1.01. The summed E-state index contributed by atoms with van der Waals surface area (Å²) in [5.74, 6) is -0.640. The quantitative estimate of drug-likeness (QED) is 0.870. The zero-order valence-corrected chi connectivity index (χ0v) is 12.9. The first-order valence-electron chi connectivity index (χ1n) is 7.38. The van der Waals surface area contributed by atoms with E-state index >= 15 is 0 Å². The maximum atomic E-state index is 13.3. The average molecular weight is 315 g/mol. The molecule has 1 aromatic heterocycles. The van der Waals surface area contributed by atoms with Crippen molar-refractivity contribution in [2.75, 3.05) is 13.1 Å². The van der Waals surface area contributed by atoms with Crippen LogP contribution in [0.2, 0.25) is 0 Å². The Morgan fingerprint density at radius 2 is 2.00 bits per heavy atom. The van der Waals surface area contributed by atoms with Gasteiger partial charge in [-0.2, -0.15) is 4.31 Å². The van der Waals surface area contributed by atoms with E-state index in [1.165, 1.54) is 10.5 Å². The lowest BCUT2D eigenvalue weighted by Crippen LogP contribution is -2.42. The fraction of sp³-hybridized carbons (Fsp3) is 0.643. The van der Waals surface area contributed by atoms with Crippen molar-refractivity contribution in [3.8, 4) is 0 Å². The van der Waals surface area contributed by atoms with Crippen LogP contribution in [-0.4, -0.2) is 36.8 Å². The van der Waals surface area contributed by atoms with Gasteiger partial charge >= 0.3 is 0 Å². The second kappa shape index (κ2) is 7.29. The molecule has 0 aliphatic heterocycles. The Balaban J connectivity index is 2.29. The van der Waals surface area contributed by atoms with Crippen LogP contribution in [0, 0.1) is 5.82 Å². The summed E-state index contributed by atoms with van der Waals surface area (Å²) in [5.41, 5.74) is 5.52. The Morgan fingerprint density at radius 1 is 1.29 bits per heavy atom. The van der Waals surface area contributed by atoms with Crippen LogP contribution < -0.4 is 5.73 Å². The van der Waals surface area contributed by atoms with E-state index in [1.807, 2.05) is 0 Å². The van der Waals surface area contributed by atoms with Crippen molar-refractivity contribution in [3.05, 3.63) is 24.3 Å². The van der Waals surface area contributed by atoms with Gasteiger partial charge in [-0.3, -0.25) is 4.98 Å². The van der Waals surface area contributed by atoms with E-state index in [0.29, 0.717) is 19.5 Å². The van der Waals surface area contributed by atoms with E-state index in [-0.39, 0.29) is 10.9 Å². The Kier molecular flexibility index (Phi) is 5.66. The summed E-state index contributed by atoms with van der Waals surface area (Å²) < 4.78 is 40.3. The molecule has 118 valence electrons. The molecule has 1 aromatic rings. The summed E-state index contributed by atoms with van der Waals surface area (Å²) >= 11 is 0. The van der Waals surface area contributed by atoms with Gasteiger partial charge in [0.25, 0.3) is 0 Å². The first kappa shape index (κ1) is 16.3. The fourth-order valence-corrected chi connectivity index (χ4v) is 4.48. The minimum atomic E-state index is -3.72. The minimum absolute atomic E-state index is 0.0152. The summed E-state index contributed by atoms with van der Waals surface area (Å²) in [7, 11) is -3.72. The third-order valence-electron chi connectivity index (χ3n) is 3.85. The lowest BCUT2D eigenvalue weighted by molar-refractivity contribution is 0.252. The van der Waals surface area contributed by atoms with Crippen LogP contribution in [0.3, 0.4) is 0 Å². The van der Waals surface area contributed by atoms with Gasteiger partial charge in [-0.25, -0.2) is 12.8 Å². The lowest BCUT2D eigenvalue weighted by atomic mass is 9.95. The molecule has 2 N–H and O–H groups in total. The van der Waals surface area contributed by atoms with E-state index in [1.54, 1.807) is 0 Å². The number of pyridine rings is 1. The summed E-state index contributed by atoms with van der Waals surface area (Å²) in [6.45, 7) is 0.806. The molecule has 0 bridgehead atoms. The van der Waals surface area contributed by atoms with Crippen molar-refractivity contribution in [1.82, 2.24) is 9.29 Å². The Labute approximate surface area is 125 Å². The molecule has 0 spiro atoms. The number of rotatable bonds is 6. The zero-order chi connectivity index (χ0) is 15.3. The molecule has 21 heavy (non-hydrogen) atoms. The largest absolute Gasteiger partial charge is 0.330 e. The molecular formula is C14H22FN3O2S. The molecule has 2 rings (SSSR count). The topological polar surface area (TPSA) is 76.3 Å². The van der Waals surface area contributed by atoms with E-state index in [2.05, 4.69) is 4.98 Å². The molecule has 0 radical (unpaired) electrons. The summed E-state index contributed by atoms with van der Waals surface area (Å²) in [4.78, 5) is 3.57. The number of halogens is 1. The van der Waals surface area contributed by atoms with Gasteiger partial charge in [-0.05, 0) is 31.9 Å². The SMILES string of the molecule is NCCCN(C1CCCCC1)S(=O)(=O)c1cncc(F)c1. The van der Waals surface area contributed by atoms with Gasteiger partial charge in [-0.1, -0.05) is 19.3 Å². The smallest absolute Gasteiger partial charge is 0.244 e. The average Bonchev–Trinajstić information content (AvgIpc) is 2.48. The third-order valence-corrected chi connectivity index (χ3v) is 5.77. The molecule has 1 heterocycles. The highest BCUT2D eigenvalue weighted by molar-refractivity contribution is 7.89. The van der Waals surface area contributed by atoms with Crippen LogP contribution in [0.25, 0.3) is 0 Å². The standard InChI is InChI=1S/C14H22FN3O2S/c15-12-9-14(11-17-10-12)21(19,20)18(8-4-7-16)13-5-2-1-3-6-13/h9-11,13H,1-8,16H2.